The topological polar surface area (TPSA) is 67.0 Å². The normalized spacial score (nSPS) is 14.1. The first kappa shape index (κ1) is 18.5. The number of aromatic nitrogens is 3. The summed E-state index contributed by atoms with van der Waals surface area (Å²) < 4.78 is 21.2. The second kappa shape index (κ2) is 8.42. The molecule has 1 aromatic heterocycles. The molecule has 1 aliphatic heterocycles. The SMILES string of the molecule is N#Cc1cccc(CSc2nnc(N3CCOCC3)n2-c2cccc(F)c2)c1. The highest BCUT2D eigenvalue weighted by molar-refractivity contribution is 7.98. The molecule has 8 heteroatoms. The standard InChI is InChI=1S/C20H18FN5OS/c21-17-5-2-6-18(12-17)26-19(25-7-9-27-10-8-25)23-24-20(26)28-14-16-4-1-3-15(11-16)13-22/h1-6,11-12H,7-10,14H2. The van der Waals surface area contributed by atoms with E-state index in [0.29, 0.717) is 54.4 Å². The van der Waals surface area contributed by atoms with Gasteiger partial charge in [0.1, 0.15) is 5.82 Å². The summed E-state index contributed by atoms with van der Waals surface area (Å²) >= 11 is 1.50. The van der Waals surface area contributed by atoms with Crippen LogP contribution >= 0.6 is 11.8 Å². The molecule has 0 amide bonds. The van der Waals surface area contributed by atoms with Crippen molar-refractivity contribution >= 4 is 17.7 Å². The first-order valence-electron chi connectivity index (χ1n) is 8.90. The lowest BCUT2D eigenvalue weighted by Crippen LogP contribution is -2.37. The molecule has 4 rings (SSSR count). The molecule has 6 nitrogen and oxygen atoms in total. The monoisotopic (exact) mass is 395 g/mol. The molecule has 2 heterocycles. The number of hydrogen-bond donors (Lipinski definition) is 0. The lowest BCUT2D eigenvalue weighted by molar-refractivity contribution is 0.122. The highest BCUT2D eigenvalue weighted by Gasteiger charge is 2.22. The number of ether oxygens (including phenoxy) is 1. The number of hydrogen-bond acceptors (Lipinski definition) is 6. The Balaban J connectivity index is 1.66. The first-order valence-corrected chi connectivity index (χ1v) is 9.89. The lowest BCUT2D eigenvalue weighted by atomic mass is 10.2. The van der Waals surface area contributed by atoms with Gasteiger partial charge in [0.25, 0.3) is 0 Å². The minimum atomic E-state index is -0.309. The average molecular weight is 395 g/mol. The molecule has 0 spiro atoms. The minimum Gasteiger partial charge on any atom is -0.378 e. The second-order valence-corrected chi connectivity index (χ2v) is 7.24. The molecule has 1 aliphatic rings. The molecule has 0 aliphatic carbocycles. The molecule has 0 radical (unpaired) electrons. The number of rotatable bonds is 5. The van der Waals surface area contributed by atoms with E-state index in [0.717, 1.165) is 5.56 Å². The molecule has 0 saturated carbocycles. The van der Waals surface area contributed by atoms with E-state index in [-0.39, 0.29) is 5.82 Å². The van der Waals surface area contributed by atoms with Crippen LogP contribution in [0.25, 0.3) is 5.69 Å². The Bertz CT molecular complexity index is 1010. The summed E-state index contributed by atoms with van der Waals surface area (Å²) in [5, 5.41) is 18.5. The summed E-state index contributed by atoms with van der Waals surface area (Å²) in [4.78, 5) is 2.10. The van der Waals surface area contributed by atoms with Gasteiger partial charge in [0.2, 0.25) is 5.95 Å². The van der Waals surface area contributed by atoms with Crippen LogP contribution in [0.2, 0.25) is 0 Å². The van der Waals surface area contributed by atoms with Gasteiger partial charge in [0.05, 0.1) is 30.5 Å². The van der Waals surface area contributed by atoms with Crippen LogP contribution in [0.4, 0.5) is 10.3 Å². The first-order chi connectivity index (χ1) is 13.7. The Labute approximate surface area is 166 Å². The third-order valence-corrected chi connectivity index (χ3v) is 5.40. The summed E-state index contributed by atoms with van der Waals surface area (Å²) in [6.07, 6.45) is 0. The molecule has 0 N–H and O–H groups in total. The number of halogens is 1. The molecule has 28 heavy (non-hydrogen) atoms. The van der Waals surface area contributed by atoms with Crippen molar-refractivity contribution in [2.24, 2.45) is 0 Å². The van der Waals surface area contributed by atoms with Gasteiger partial charge in [-0.25, -0.2) is 4.39 Å². The van der Waals surface area contributed by atoms with Crippen molar-refractivity contribution < 1.29 is 9.13 Å². The van der Waals surface area contributed by atoms with Crippen molar-refractivity contribution in [2.75, 3.05) is 31.2 Å². The molecule has 0 unspecified atom stereocenters. The zero-order valence-electron chi connectivity index (χ0n) is 15.1. The minimum absolute atomic E-state index is 0.309. The van der Waals surface area contributed by atoms with E-state index in [1.165, 1.54) is 23.9 Å². The summed E-state index contributed by atoms with van der Waals surface area (Å²) in [6, 6.07) is 16.1. The van der Waals surface area contributed by atoms with Gasteiger partial charge >= 0.3 is 0 Å². The van der Waals surface area contributed by atoms with E-state index in [1.54, 1.807) is 12.1 Å². The Kier molecular flexibility index (Phi) is 5.55. The summed E-state index contributed by atoms with van der Waals surface area (Å²) in [5.74, 6) is 1.01. The summed E-state index contributed by atoms with van der Waals surface area (Å²) in [6.45, 7) is 2.67. The number of nitrogens with zero attached hydrogens (tertiary/aromatic N) is 5. The Morgan fingerprint density at radius 1 is 1.11 bits per heavy atom. The van der Waals surface area contributed by atoms with E-state index in [1.807, 2.05) is 28.8 Å². The molecule has 0 bridgehead atoms. The average Bonchev–Trinajstić information content (AvgIpc) is 3.17. The lowest BCUT2D eigenvalue weighted by Gasteiger charge is -2.27. The van der Waals surface area contributed by atoms with Crippen LogP contribution in [0.3, 0.4) is 0 Å². The van der Waals surface area contributed by atoms with Crippen molar-refractivity contribution in [1.82, 2.24) is 14.8 Å². The number of thioether (sulfide) groups is 1. The maximum Gasteiger partial charge on any atom is 0.232 e. The molecule has 3 aromatic rings. The van der Waals surface area contributed by atoms with Crippen molar-refractivity contribution in [3.05, 3.63) is 65.5 Å². The second-order valence-electron chi connectivity index (χ2n) is 6.30. The number of morpholine rings is 1. The van der Waals surface area contributed by atoms with Crippen LogP contribution in [-0.2, 0) is 10.5 Å². The van der Waals surface area contributed by atoms with Crippen molar-refractivity contribution in [2.45, 2.75) is 10.9 Å². The van der Waals surface area contributed by atoms with Crippen molar-refractivity contribution in [3.63, 3.8) is 0 Å². The van der Waals surface area contributed by atoms with Gasteiger partial charge in [-0.2, -0.15) is 5.26 Å². The van der Waals surface area contributed by atoms with Gasteiger partial charge in [0.15, 0.2) is 5.16 Å². The maximum atomic E-state index is 13.9. The Morgan fingerprint density at radius 2 is 1.93 bits per heavy atom. The van der Waals surface area contributed by atoms with Gasteiger partial charge in [-0.15, -0.1) is 10.2 Å². The zero-order valence-corrected chi connectivity index (χ0v) is 15.9. The Hall–Kier alpha value is -2.89. The molecular formula is C20H18FN5OS. The third kappa shape index (κ3) is 4.01. The summed E-state index contributed by atoms with van der Waals surface area (Å²) in [7, 11) is 0. The predicted molar refractivity (Wildman–Crippen MR) is 105 cm³/mol. The Morgan fingerprint density at radius 3 is 2.71 bits per heavy atom. The fraction of sp³-hybridized carbons (Fsp3) is 0.250. The van der Waals surface area contributed by atoms with Crippen LogP contribution < -0.4 is 4.90 Å². The zero-order chi connectivity index (χ0) is 19.3. The number of benzene rings is 2. The van der Waals surface area contributed by atoms with Crippen LogP contribution in [-0.4, -0.2) is 41.1 Å². The van der Waals surface area contributed by atoms with Crippen LogP contribution in [0.5, 0.6) is 0 Å². The molecular weight excluding hydrogens is 377 g/mol. The molecule has 2 aromatic carbocycles. The van der Waals surface area contributed by atoms with Gasteiger partial charge in [-0.05, 0) is 35.9 Å². The van der Waals surface area contributed by atoms with E-state index >= 15 is 0 Å². The molecule has 0 atom stereocenters. The van der Waals surface area contributed by atoms with Crippen molar-refractivity contribution in [1.29, 1.82) is 5.26 Å². The smallest absolute Gasteiger partial charge is 0.232 e. The fourth-order valence-electron chi connectivity index (χ4n) is 3.04. The summed E-state index contributed by atoms with van der Waals surface area (Å²) in [5.41, 5.74) is 2.32. The van der Waals surface area contributed by atoms with Gasteiger partial charge in [-0.3, -0.25) is 4.57 Å². The fourth-order valence-corrected chi connectivity index (χ4v) is 3.93. The van der Waals surface area contributed by atoms with Gasteiger partial charge < -0.3 is 9.64 Å². The third-order valence-electron chi connectivity index (χ3n) is 4.40. The quantitative estimate of drug-likeness (QED) is 0.617. The molecule has 142 valence electrons. The maximum absolute atomic E-state index is 13.9. The van der Waals surface area contributed by atoms with Gasteiger partial charge in [-0.1, -0.05) is 30.0 Å². The van der Waals surface area contributed by atoms with E-state index < -0.39 is 0 Å². The highest BCUT2D eigenvalue weighted by Crippen LogP contribution is 2.29. The highest BCUT2D eigenvalue weighted by atomic mass is 32.2. The largest absolute Gasteiger partial charge is 0.378 e. The predicted octanol–water partition coefficient (Wildman–Crippen LogP) is 3.41. The van der Waals surface area contributed by atoms with E-state index in [2.05, 4.69) is 21.2 Å². The van der Waals surface area contributed by atoms with Crippen molar-refractivity contribution in [3.8, 4) is 11.8 Å². The van der Waals surface area contributed by atoms with E-state index in [4.69, 9.17) is 10.00 Å². The van der Waals surface area contributed by atoms with Crippen LogP contribution in [0, 0.1) is 17.1 Å². The van der Waals surface area contributed by atoms with E-state index in [9.17, 15) is 4.39 Å². The van der Waals surface area contributed by atoms with Crippen LogP contribution in [0.1, 0.15) is 11.1 Å². The molecule has 1 saturated heterocycles. The number of anilines is 1. The number of nitriles is 1. The van der Waals surface area contributed by atoms with Gasteiger partial charge in [0, 0.05) is 18.8 Å². The van der Waals surface area contributed by atoms with Crippen LogP contribution in [0.15, 0.2) is 53.7 Å². The molecule has 1 fully saturated rings.